The van der Waals surface area contributed by atoms with E-state index in [-0.39, 0.29) is 44.0 Å². The van der Waals surface area contributed by atoms with E-state index in [0.29, 0.717) is 38.9 Å². The smallest absolute Gasteiger partial charge is 0.293 e. The highest BCUT2D eigenvalue weighted by atomic mass is 19.1. The van der Waals surface area contributed by atoms with Crippen LogP contribution < -0.4 is 10.7 Å². The van der Waals surface area contributed by atoms with Gasteiger partial charge in [-0.2, -0.15) is 0 Å². The van der Waals surface area contributed by atoms with Gasteiger partial charge in [0.05, 0.1) is 36.6 Å². The largest absolute Gasteiger partial charge is 0.467 e. The van der Waals surface area contributed by atoms with Crippen molar-refractivity contribution in [3.8, 4) is 22.4 Å². The number of carbonyl (C=O) groups is 5. The van der Waals surface area contributed by atoms with Crippen molar-refractivity contribution in [1.82, 2.24) is 35.1 Å². The maximum Gasteiger partial charge on any atom is 0.293 e. The molecule has 4 amide bonds. The number of likely N-dealkylation sites (tertiary alicyclic amines) is 1. The molecule has 2 N–H and O–H groups in total. The lowest BCUT2D eigenvalue weighted by Gasteiger charge is -2.35. The number of rotatable bonds is 19. The van der Waals surface area contributed by atoms with E-state index >= 15 is 0 Å². The normalized spacial score (nSPS) is 18.2. The van der Waals surface area contributed by atoms with E-state index in [1.807, 2.05) is 37.3 Å². The van der Waals surface area contributed by atoms with Gasteiger partial charge in [0.1, 0.15) is 18.3 Å². The zero-order valence-corrected chi connectivity index (χ0v) is 38.4. The fourth-order valence-corrected chi connectivity index (χ4v) is 9.33. The standard InChI is InChI=1S/C49H64FN7O7/c1-9-56-42-18-17-35(24-37(42)38(25-49(5,6)28-64-30-59)45(56)36-16-13-19-51-43(36)32(4)63-8)34-15-12-14-33(22-34)23-41(48(62)57-21-11-10-20-52-57)53-46(60)44(31(2)3)54(7)47(61)39-26-55(29-58)27-40(39)50/h12-19,22,24,29-32,39-41,44,52H,9-11,20-21,23,25-28H2,1-8H3,(H,53,60). The summed E-state index contributed by atoms with van der Waals surface area (Å²) in [7, 11) is 3.15. The SMILES string of the molecule is CCn1c(-c2cccnc2C(C)OC)c(CC(C)(C)COC=O)c2cc(-c3cccc(CC(NC(=O)C(C(C)C)N(C)C(=O)C4CN(C=O)CC4F)C(=O)N4CCCCN4)c3)ccc21. The highest BCUT2D eigenvalue weighted by molar-refractivity contribution is 5.96. The van der Waals surface area contributed by atoms with Crippen LogP contribution in [0.5, 0.6) is 0 Å². The summed E-state index contributed by atoms with van der Waals surface area (Å²) < 4.78 is 28.3. The number of ether oxygens (including phenoxy) is 2. The van der Waals surface area contributed by atoms with Crippen molar-refractivity contribution in [2.24, 2.45) is 17.3 Å². The van der Waals surface area contributed by atoms with Crippen molar-refractivity contribution in [2.75, 3.05) is 46.9 Å². The Kier molecular flexibility index (Phi) is 15.6. The van der Waals surface area contributed by atoms with Crippen molar-refractivity contribution in [1.29, 1.82) is 0 Å². The number of methoxy groups -OCH3 is 1. The van der Waals surface area contributed by atoms with Crippen LogP contribution >= 0.6 is 0 Å². The Morgan fingerprint density at radius 2 is 1.81 bits per heavy atom. The molecule has 2 aromatic heterocycles. The first-order chi connectivity index (χ1) is 30.6. The lowest BCUT2D eigenvalue weighted by molar-refractivity contribution is -0.146. The first kappa shape index (κ1) is 47.8. The number of benzene rings is 2. The Morgan fingerprint density at radius 3 is 2.47 bits per heavy atom. The second kappa shape index (κ2) is 20.9. The molecule has 4 heterocycles. The Labute approximate surface area is 375 Å². The van der Waals surface area contributed by atoms with Gasteiger partial charge in [-0.3, -0.25) is 34.0 Å². The van der Waals surface area contributed by atoms with Crippen molar-refractivity contribution in [2.45, 2.75) is 98.1 Å². The third-order valence-electron chi connectivity index (χ3n) is 12.6. The summed E-state index contributed by atoms with van der Waals surface area (Å²) in [5, 5.41) is 5.61. The number of nitrogens with zero attached hydrogens (tertiary/aromatic N) is 5. The minimum absolute atomic E-state index is 0.0638. The van der Waals surface area contributed by atoms with E-state index < -0.39 is 41.4 Å². The van der Waals surface area contributed by atoms with Crippen LogP contribution in [0.2, 0.25) is 0 Å². The molecule has 2 aliphatic heterocycles. The Morgan fingerprint density at radius 1 is 1.05 bits per heavy atom. The maximum absolute atomic E-state index is 15.0. The predicted octanol–water partition coefficient (Wildman–Crippen LogP) is 5.90. The third kappa shape index (κ3) is 10.5. The topological polar surface area (TPSA) is 155 Å². The average molecular weight is 882 g/mol. The van der Waals surface area contributed by atoms with Crippen LogP contribution in [0.15, 0.2) is 60.8 Å². The van der Waals surface area contributed by atoms with Gasteiger partial charge in [0.2, 0.25) is 18.2 Å². The molecule has 0 aliphatic carbocycles. The van der Waals surface area contributed by atoms with Crippen LogP contribution in [-0.2, 0) is 52.8 Å². The van der Waals surface area contributed by atoms with Crippen LogP contribution in [0.25, 0.3) is 33.3 Å². The van der Waals surface area contributed by atoms with E-state index in [2.05, 4.69) is 60.3 Å². The fraction of sp³-hybridized carbons (Fsp3) is 0.510. The molecule has 2 saturated heterocycles. The number of aryl methyl sites for hydroxylation is 1. The van der Waals surface area contributed by atoms with Gasteiger partial charge >= 0.3 is 0 Å². The van der Waals surface area contributed by atoms with Crippen molar-refractivity contribution in [3.63, 3.8) is 0 Å². The molecule has 2 aromatic carbocycles. The fourth-order valence-electron chi connectivity index (χ4n) is 9.33. The third-order valence-corrected chi connectivity index (χ3v) is 12.6. The molecule has 5 unspecified atom stereocenters. The van der Waals surface area contributed by atoms with Gasteiger partial charge in [-0.1, -0.05) is 58.0 Å². The summed E-state index contributed by atoms with van der Waals surface area (Å²) in [5.74, 6) is -2.84. The second-order valence-corrected chi connectivity index (χ2v) is 18.3. The Bertz CT molecular complexity index is 2310. The number of halogens is 1. The van der Waals surface area contributed by atoms with Crippen molar-refractivity contribution >= 4 is 41.5 Å². The van der Waals surface area contributed by atoms with Gasteiger partial charge in [0.25, 0.3) is 12.4 Å². The monoisotopic (exact) mass is 881 g/mol. The number of pyridine rings is 1. The molecule has 4 aromatic rings. The molecule has 344 valence electrons. The molecule has 64 heavy (non-hydrogen) atoms. The van der Waals surface area contributed by atoms with Crippen molar-refractivity contribution in [3.05, 3.63) is 77.6 Å². The van der Waals surface area contributed by atoms with E-state index in [1.165, 1.54) is 16.8 Å². The van der Waals surface area contributed by atoms with Crippen LogP contribution in [0, 0.1) is 17.3 Å². The molecule has 15 heteroatoms. The van der Waals surface area contributed by atoms with Crippen LogP contribution in [-0.4, -0.2) is 120 Å². The van der Waals surface area contributed by atoms with E-state index in [4.69, 9.17) is 14.5 Å². The minimum atomic E-state index is -1.54. The summed E-state index contributed by atoms with van der Waals surface area (Å²) in [6.45, 7) is 14.1. The number of hydrazine groups is 1. The zero-order chi connectivity index (χ0) is 46.3. The van der Waals surface area contributed by atoms with E-state index in [1.54, 1.807) is 32.2 Å². The minimum Gasteiger partial charge on any atom is -0.467 e. The van der Waals surface area contributed by atoms with E-state index in [0.717, 1.165) is 62.9 Å². The number of alkyl halides is 1. The molecule has 2 fully saturated rings. The number of hydrogen-bond acceptors (Lipinski definition) is 9. The lowest BCUT2D eigenvalue weighted by atomic mass is 9.84. The summed E-state index contributed by atoms with van der Waals surface area (Å²) in [5.41, 5.74) is 10.4. The van der Waals surface area contributed by atoms with Gasteiger partial charge in [-0.25, -0.2) is 9.82 Å². The number of carbonyl (C=O) groups excluding carboxylic acids is 5. The first-order valence-electron chi connectivity index (χ1n) is 22.4. The van der Waals surface area contributed by atoms with Gasteiger partial charge in [0.15, 0.2) is 0 Å². The molecule has 2 aliphatic rings. The van der Waals surface area contributed by atoms with Crippen LogP contribution in [0.1, 0.15) is 77.3 Å². The van der Waals surface area contributed by atoms with E-state index in [9.17, 15) is 28.4 Å². The molecular weight excluding hydrogens is 818 g/mol. The van der Waals surface area contributed by atoms with Crippen molar-refractivity contribution < 1.29 is 37.8 Å². The first-order valence-corrected chi connectivity index (χ1v) is 22.4. The molecule has 5 atom stereocenters. The summed E-state index contributed by atoms with van der Waals surface area (Å²) in [6.07, 6.45) is 2.98. The summed E-state index contributed by atoms with van der Waals surface area (Å²) in [6, 6.07) is 16.4. The number of fused-ring (bicyclic) bond motifs is 1. The predicted molar refractivity (Wildman–Crippen MR) is 243 cm³/mol. The molecule has 6 rings (SSSR count). The number of hydrogen-bond donors (Lipinski definition) is 2. The van der Waals surface area contributed by atoms with Gasteiger partial charge in [0, 0.05) is 74.8 Å². The molecular formula is C49H64FN7O7. The quantitative estimate of drug-likeness (QED) is 0.110. The number of nitrogens with one attached hydrogen (secondary N) is 2. The number of amides is 4. The highest BCUT2D eigenvalue weighted by Gasteiger charge is 2.43. The molecule has 0 saturated carbocycles. The zero-order valence-electron chi connectivity index (χ0n) is 38.4. The average Bonchev–Trinajstić information content (AvgIpc) is 3.83. The Hall–Kier alpha value is -5.67. The van der Waals surface area contributed by atoms with Crippen LogP contribution in [0.3, 0.4) is 0 Å². The van der Waals surface area contributed by atoms with Crippen LogP contribution in [0.4, 0.5) is 4.39 Å². The lowest BCUT2D eigenvalue weighted by Crippen LogP contribution is -2.60. The summed E-state index contributed by atoms with van der Waals surface area (Å²) in [4.78, 5) is 72.1. The molecule has 0 spiro atoms. The Balaban J connectivity index is 1.37. The number of likely N-dealkylation sites (N-methyl/N-ethyl adjacent to an activating group) is 1. The second-order valence-electron chi connectivity index (χ2n) is 18.3. The number of aromatic nitrogens is 2. The molecule has 0 bridgehead atoms. The highest BCUT2D eigenvalue weighted by Crippen LogP contribution is 2.42. The van der Waals surface area contributed by atoms with Gasteiger partial charge < -0.3 is 29.2 Å². The molecule has 0 radical (unpaired) electrons. The maximum atomic E-state index is 15.0. The summed E-state index contributed by atoms with van der Waals surface area (Å²) >= 11 is 0. The van der Waals surface area contributed by atoms with Gasteiger partial charge in [-0.05, 0) is 85.5 Å². The molecule has 14 nitrogen and oxygen atoms in total. The van der Waals surface area contributed by atoms with Gasteiger partial charge in [-0.15, -0.1) is 0 Å².